The van der Waals surface area contributed by atoms with Crippen LogP contribution >= 0.6 is 0 Å². The molecule has 0 aliphatic carbocycles. The van der Waals surface area contributed by atoms with Crippen LogP contribution in [0, 0.1) is 6.92 Å². The van der Waals surface area contributed by atoms with Gasteiger partial charge in [-0.2, -0.15) is 0 Å². The number of amides is 1. The second-order valence-electron chi connectivity index (χ2n) is 5.87. The summed E-state index contributed by atoms with van der Waals surface area (Å²) in [6.07, 6.45) is 1.61. The van der Waals surface area contributed by atoms with Gasteiger partial charge in [-0.25, -0.2) is 0 Å². The van der Waals surface area contributed by atoms with Crippen LogP contribution in [-0.2, 0) is 9.53 Å². The molecule has 0 radical (unpaired) electrons. The maximum atomic E-state index is 10.9. The van der Waals surface area contributed by atoms with Crippen molar-refractivity contribution in [2.45, 2.75) is 20.0 Å². The first-order valence-corrected chi connectivity index (χ1v) is 7.91. The van der Waals surface area contributed by atoms with Crippen molar-refractivity contribution in [1.29, 1.82) is 0 Å². The van der Waals surface area contributed by atoms with Crippen molar-refractivity contribution in [1.82, 2.24) is 4.98 Å². The zero-order chi connectivity index (χ0) is 17.1. The first kappa shape index (κ1) is 16.1. The summed E-state index contributed by atoms with van der Waals surface area (Å²) in [4.78, 5) is 15.4. The highest BCUT2D eigenvalue weighted by atomic mass is 16.5. The largest absolute Gasteiger partial charge is 0.368 e. The van der Waals surface area contributed by atoms with Gasteiger partial charge in [0, 0.05) is 11.6 Å². The Balaban J connectivity index is 2.01. The third kappa shape index (κ3) is 3.29. The maximum Gasteiger partial charge on any atom is 0.243 e. The standard InChI is InChI=1S/C20H20N2O2/c1-13-5-3-4-6-16(13)17-9-10-22-19-11-15(7-8-18(17)19)14(2)24-12-20(21)23/h3-11,14H,12H2,1-2H3,(H2,21,23). The van der Waals surface area contributed by atoms with E-state index in [1.807, 2.05) is 43.5 Å². The van der Waals surface area contributed by atoms with E-state index >= 15 is 0 Å². The summed E-state index contributed by atoms with van der Waals surface area (Å²) in [7, 11) is 0. The molecule has 0 saturated heterocycles. The zero-order valence-electron chi connectivity index (χ0n) is 13.8. The molecule has 0 fully saturated rings. The van der Waals surface area contributed by atoms with E-state index in [1.165, 1.54) is 11.1 Å². The molecule has 4 heteroatoms. The Morgan fingerprint density at radius 2 is 1.96 bits per heavy atom. The van der Waals surface area contributed by atoms with Crippen LogP contribution < -0.4 is 5.73 Å². The molecule has 0 saturated carbocycles. The number of rotatable bonds is 5. The van der Waals surface area contributed by atoms with Gasteiger partial charge < -0.3 is 10.5 Å². The van der Waals surface area contributed by atoms with E-state index in [1.54, 1.807) is 0 Å². The molecule has 2 N–H and O–H groups in total. The van der Waals surface area contributed by atoms with E-state index in [9.17, 15) is 4.79 Å². The summed E-state index contributed by atoms with van der Waals surface area (Å²) >= 11 is 0. The molecule has 24 heavy (non-hydrogen) atoms. The Labute approximate surface area is 141 Å². The van der Waals surface area contributed by atoms with Crippen LogP contribution in [0.1, 0.15) is 24.2 Å². The monoisotopic (exact) mass is 320 g/mol. The summed E-state index contributed by atoms with van der Waals surface area (Å²) in [5.74, 6) is -0.470. The van der Waals surface area contributed by atoms with Crippen LogP contribution in [-0.4, -0.2) is 17.5 Å². The molecule has 1 atom stereocenters. The molecule has 1 unspecified atom stereocenters. The summed E-state index contributed by atoms with van der Waals surface area (Å²) < 4.78 is 5.47. The van der Waals surface area contributed by atoms with E-state index in [-0.39, 0.29) is 12.7 Å². The van der Waals surface area contributed by atoms with Gasteiger partial charge in [-0.1, -0.05) is 36.4 Å². The van der Waals surface area contributed by atoms with Gasteiger partial charge in [0.15, 0.2) is 0 Å². The average molecular weight is 320 g/mol. The van der Waals surface area contributed by atoms with Crippen LogP contribution in [0.4, 0.5) is 0 Å². The number of benzene rings is 2. The lowest BCUT2D eigenvalue weighted by molar-refractivity contribution is -0.124. The lowest BCUT2D eigenvalue weighted by atomic mass is 9.96. The summed E-state index contributed by atoms with van der Waals surface area (Å²) in [5.41, 5.74) is 10.6. The van der Waals surface area contributed by atoms with Crippen molar-refractivity contribution in [2.75, 3.05) is 6.61 Å². The number of nitrogens with two attached hydrogens (primary N) is 1. The predicted octanol–water partition coefficient (Wildman–Crippen LogP) is 3.77. The molecule has 1 aromatic heterocycles. The van der Waals surface area contributed by atoms with Crippen molar-refractivity contribution in [2.24, 2.45) is 5.73 Å². The average Bonchev–Trinajstić information content (AvgIpc) is 2.59. The Morgan fingerprint density at radius 1 is 1.17 bits per heavy atom. The SMILES string of the molecule is Cc1ccccc1-c1ccnc2cc(C(C)OCC(N)=O)ccc12. The van der Waals surface area contributed by atoms with Crippen molar-refractivity contribution in [3.05, 3.63) is 65.9 Å². The number of aryl methyl sites for hydroxylation is 1. The van der Waals surface area contributed by atoms with Crippen LogP contribution in [0.15, 0.2) is 54.7 Å². The summed E-state index contributed by atoms with van der Waals surface area (Å²) in [6, 6.07) is 16.4. The minimum atomic E-state index is -0.470. The molecule has 2 aromatic carbocycles. The number of pyridine rings is 1. The molecule has 1 amide bonds. The number of carbonyl (C=O) groups is 1. The lowest BCUT2D eigenvalue weighted by Gasteiger charge is -2.14. The maximum absolute atomic E-state index is 10.9. The molecule has 0 aliphatic heterocycles. The first-order chi connectivity index (χ1) is 11.6. The third-order valence-electron chi connectivity index (χ3n) is 4.15. The summed E-state index contributed by atoms with van der Waals surface area (Å²) in [6.45, 7) is 3.92. The number of carbonyl (C=O) groups excluding carboxylic acids is 1. The van der Waals surface area contributed by atoms with Crippen LogP contribution in [0.5, 0.6) is 0 Å². The van der Waals surface area contributed by atoms with Crippen LogP contribution in [0.25, 0.3) is 22.0 Å². The molecular weight excluding hydrogens is 300 g/mol. The zero-order valence-corrected chi connectivity index (χ0v) is 13.8. The third-order valence-corrected chi connectivity index (χ3v) is 4.15. The molecule has 3 rings (SSSR count). The Bertz CT molecular complexity index is 890. The molecule has 0 aliphatic rings. The van der Waals surface area contributed by atoms with Crippen LogP contribution in [0.2, 0.25) is 0 Å². The number of hydrogen-bond donors (Lipinski definition) is 1. The van der Waals surface area contributed by atoms with E-state index in [0.717, 1.165) is 22.0 Å². The van der Waals surface area contributed by atoms with E-state index in [2.05, 4.69) is 30.1 Å². The molecule has 0 spiro atoms. The van der Waals surface area contributed by atoms with Gasteiger partial charge in [-0.15, -0.1) is 0 Å². The van der Waals surface area contributed by atoms with Gasteiger partial charge in [-0.05, 0) is 48.2 Å². The fourth-order valence-corrected chi connectivity index (χ4v) is 2.83. The number of nitrogens with zero attached hydrogens (tertiary/aromatic N) is 1. The highest BCUT2D eigenvalue weighted by Crippen LogP contribution is 2.31. The van der Waals surface area contributed by atoms with E-state index in [4.69, 9.17) is 10.5 Å². The van der Waals surface area contributed by atoms with E-state index < -0.39 is 5.91 Å². The fraction of sp³-hybridized carbons (Fsp3) is 0.200. The smallest absolute Gasteiger partial charge is 0.243 e. The number of primary amides is 1. The van der Waals surface area contributed by atoms with Gasteiger partial charge in [-0.3, -0.25) is 9.78 Å². The van der Waals surface area contributed by atoms with Gasteiger partial charge in [0.2, 0.25) is 5.91 Å². The quantitative estimate of drug-likeness (QED) is 0.778. The molecular formula is C20H20N2O2. The van der Waals surface area contributed by atoms with Crippen molar-refractivity contribution in [3.63, 3.8) is 0 Å². The highest BCUT2D eigenvalue weighted by Gasteiger charge is 2.11. The lowest BCUT2D eigenvalue weighted by Crippen LogP contribution is -2.19. The van der Waals surface area contributed by atoms with Gasteiger partial charge in [0.05, 0.1) is 11.6 Å². The van der Waals surface area contributed by atoms with Crippen molar-refractivity contribution < 1.29 is 9.53 Å². The molecule has 3 aromatic rings. The molecule has 1 heterocycles. The van der Waals surface area contributed by atoms with Crippen LogP contribution in [0.3, 0.4) is 0 Å². The number of aromatic nitrogens is 1. The van der Waals surface area contributed by atoms with Gasteiger partial charge in [0.1, 0.15) is 6.61 Å². The first-order valence-electron chi connectivity index (χ1n) is 7.91. The number of hydrogen-bond acceptors (Lipinski definition) is 3. The van der Waals surface area contributed by atoms with Gasteiger partial charge in [0.25, 0.3) is 0 Å². The Hall–Kier alpha value is -2.72. The van der Waals surface area contributed by atoms with Gasteiger partial charge >= 0.3 is 0 Å². The Morgan fingerprint density at radius 3 is 2.71 bits per heavy atom. The topological polar surface area (TPSA) is 65.2 Å². The predicted molar refractivity (Wildman–Crippen MR) is 95.5 cm³/mol. The van der Waals surface area contributed by atoms with E-state index in [0.29, 0.717) is 0 Å². The van der Waals surface area contributed by atoms with Crippen molar-refractivity contribution in [3.8, 4) is 11.1 Å². The normalized spacial score (nSPS) is 12.2. The molecule has 4 nitrogen and oxygen atoms in total. The minimum Gasteiger partial charge on any atom is -0.368 e. The molecule has 122 valence electrons. The second kappa shape index (κ2) is 6.81. The summed E-state index contributed by atoms with van der Waals surface area (Å²) in [5, 5.41) is 1.10. The number of fused-ring (bicyclic) bond motifs is 1. The number of ether oxygens (including phenoxy) is 1. The Kier molecular flexibility index (Phi) is 4.58. The highest BCUT2D eigenvalue weighted by molar-refractivity contribution is 5.95. The van der Waals surface area contributed by atoms with Crippen molar-refractivity contribution >= 4 is 16.8 Å². The molecule has 0 bridgehead atoms. The second-order valence-corrected chi connectivity index (χ2v) is 5.87. The fourth-order valence-electron chi connectivity index (χ4n) is 2.83. The minimum absolute atomic E-state index is 0.0874.